The van der Waals surface area contributed by atoms with Crippen molar-refractivity contribution in [2.45, 2.75) is 9.79 Å². The van der Waals surface area contributed by atoms with E-state index in [1.165, 1.54) is 4.90 Å². The molecule has 0 saturated heterocycles. The maximum atomic E-state index is 6.19. The molecule has 8 aromatic rings. The highest BCUT2D eigenvalue weighted by Crippen LogP contribution is 2.47. The fraction of sp³-hybridized carbons (Fsp3) is 0. The molecule has 52 heavy (non-hydrogen) atoms. The van der Waals surface area contributed by atoms with Gasteiger partial charge >= 0.3 is 0 Å². The number of hydrogen-bond acceptors (Lipinski definition) is 4. The first kappa shape index (κ1) is 32.7. The van der Waals surface area contributed by atoms with Crippen molar-refractivity contribution in [3.63, 3.8) is 0 Å². The van der Waals surface area contributed by atoms with E-state index in [9.17, 15) is 0 Å². The van der Waals surface area contributed by atoms with Crippen LogP contribution in [0.4, 0.5) is 0 Å². The van der Waals surface area contributed by atoms with Crippen LogP contribution in [0.3, 0.4) is 0 Å². The van der Waals surface area contributed by atoms with Crippen molar-refractivity contribution in [2.75, 3.05) is 0 Å². The molecule has 250 valence electrons. The number of ether oxygens (including phenoxy) is 3. The normalized spacial score (nSPS) is 10.8. The zero-order valence-corrected chi connectivity index (χ0v) is 29.1. The van der Waals surface area contributed by atoms with Gasteiger partial charge in [0, 0.05) is 15.4 Å². The molecule has 8 aromatic carbocycles. The van der Waals surface area contributed by atoms with Crippen LogP contribution in [0.25, 0.3) is 33.4 Å². The van der Waals surface area contributed by atoms with E-state index in [4.69, 9.17) is 14.2 Å². The molecule has 0 aliphatic heterocycles. The third kappa shape index (κ3) is 7.78. The molecule has 0 aliphatic carbocycles. The summed E-state index contributed by atoms with van der Waals surface area (Å²) in [5.41, 5.74) is 6.63. The van der Waals surface area contributed by atoms with Crippen LogP contribution in [-0.2, 0) is 0 Å². The summed E-state index contributed by atoms with van der Waals surface area (Å²) < 4.78 is 18.5. The fourth-order valence-corrected chi connectivity index (χ4v) is 7.07. The average molecular weight is 691 g/mol. The van der Waals surface area contributed by atoms with Crippen molar-refractivity contribution < 1.29 is 14.2 Å². The second-order valence-electron chi connectivity index (χ2n) is 12.1. The molecule has 8 rings (SSSR count). The molecule has 0 N–H and O–H groups in total. The third-order valence-corrected chi connectivity index (χ3v) is 9.59. The van der Waals surface area contributed by atoms with Crippen LogP contribution >= 0.6 is 11.8 Å². The van der Waals surface area contributed by atoms with Gasteiger partial charge in [-0.1, -0.05) is 127 Å². The Bertz CT molecular complexity index is 2340. The van der Waals surface area contributed by atoms with Gasteiger partial charge in [-0.15, -0.1) is 0 Å². The molecule has 3 nitrogen and oxygen atoms in total. The lowest BCUT2D eigenvalue weighted by Crippen LogP contribution is -1.94. The van der Waals surface area contributed by atoms with E-state index in [1.807, 2.05) is 127 Å². The monoisotopic (exact) mass is 690 g/mol. The molecule has 0 aliphatic rings. The first-order chi connectivity index (χ1) is 25.7. The molecule has 0 radical (unpaired) electrons. The molecule has 0 saturated carbocycles. The minimum atomic E-state index is 0.776. The van der Waals surface area contributed by atoms with Gasteiger partial charge in [0.2, 0.25) is 0 Å². The second-order valence-corrected chi connectivity index (χ2v) is 13.2. The third-order valence-electron chi connectivity index (χ3n) is 8.53. The second kappa shape index (κ2) is 15.6. The molecule has 0 unspecified atom stereocenters. The Morgan fingerprint density at radius 2 is 0.615 bits per heavy atom. The molecule has 0 heterocycles. The zero-order valence-electron chi connectivity index (χ0n) is 28.3. The largest absolute Gasteiger partial charge is 0.457 e. The molecule has 0 atom stereocenters. The van der Waals surface area contributed by atoms with Gasteiger partial charge in [0.05, 0.1) is 0 Å². The zero-order chi connectivity index (χ0) is 35.0. The number of rotatable bonds is 11. The van der Waals surface area contributed by atoms with Gasteiger partial charge < -0.3 is 14.2 Å². The molecular weight excluding hydrogens is 657 g/mol. The van der Waals surface area contributed by atoms with E-state index in [0.29, 0.717) is 0 Å². The van der Waals surface area contributed by atoms with Gasteiger partial charge in [0.15, 0.2) is 0 Å². The van der Waals surface area contributed by atoms with Crippen LogP contribution in [0, 0.1) is 0 Å². The van der Waals surface area contributed by atoms with Gasteiger partial charge in [-0.2, -0.15) is 0 Å². The van der Waals surface area contributed by atoms with E-state index >= 15 is 0 Å². The van der Waals surface area contributed by atoms with Gasteiger partial charge in [-0.3, -0.25) is 0 Å². The lowest BCUT2D eigenvalue weighted by atomic mass is 9.87. The van der Waals surface area contributed by atoms with Crippen LogP contribution in [0.2, 0.25) is 0 Å². The SMILES string of the molecule is c1ccc(Oc2ccc(-c3ccc(Sc4ccccc4)c(-c4ccc(Oc5ccccc5)cc4)c3-c3ccc(Oc4ccccc4)cc3)cc2)cc1. The smallest absolute Gasteiger partial charge is 0.127 e. The average Bonchev–Trinajstić information content (AvgIpc) is 3.20. The predicted molar refractivity (Wildman–Crippen MR) is 213 cm³/mol. The minimum Gasteiger partial charge on any atom is -0.457 e. The predicted octanol–water partition coefficient (Wildman–Crippen LogP) is 14.2. The van der Waals surface area contributed by atoms with Crippen LogP contribution in [0.15, 0.2) is 216 Å². The van der Waals surface area contributed by atoms with E-state index in [2.05, 4.69) is 78.9 Å². The minimum absolute atomic E-state index is 0.776. The van der Waals surface area contributed by atoms with Gasteiger partial charge in [-0.05, 0) is 119 Å². The Balaban J connectivity index is 1.25. The highest BCUT2D eigenvalue weighted by molar-refractivity contribution is 7.99. The first-order valence-electron chi connectivity index (χ1n) is 17.2. The van der Waals surface area contributed by atoms with Crippen molar-refractivity contribution in [1.29, 1.82) is 0 Å². The van der Waals surface area contributed by atoms with Gasteiger partial charge in [-0.25, -0.2) is 0 Å². The van der Waals surface area contributed by atoms with Crippen molar-refractivity contribution in [1.82, 2.24) is 0 Å². The highest BCUT2D eigenvalue weighted by Gasteiger charge is 2.20. The quantitative estimate of drug-likeness (QED) is 0.135. The summed E-state index contributed by atoms with van der Waals surface area (Å²) >= 11 is 1.76. The molecule has 0 bridgehead atoms. The van der Waals surface area contributed by atoms with Crippen molar-refractivity contribution in [3.05, 3.63) is 206 Å². The van der Waals surface area contributed by atoms with Crippen molar-refractivity contribution >= 4 is 11.8 Å². The summed E-state index contributed by atoms with van der Waals surface area (Å²) in [5, 5.41) is 0. The standard InChI is InChI=1S/C48H34O3S/c1-5-13-38(14-6-1)49-41-27-21-35(22-28-41)45-33-34-46(52-44-19-11-4-12-20-44)48(37-25-31-43(32-26-37)51-40-17-9-3-10-18-40)47(45)36-23-29-42(30-24-36)50-39-15-7-2-8-16-39/h1-34H. The molecule has 0 fully saturated rings. The fourth-order valence-electron chi connectivity index (χ4n) is 6.07. The molecule has 0 amide bonds. The molecular formula is C48H34O3S. The summed E-state index contributed by atoms with van der Waals surface area (Å²) in [6, 6.07) is 69.7. The topological polar surface area (TPSA) is 27.7 Å². The summed E-state index contributed by atoms with van der Waals surface area (Å²) in [5.74, 6) is 4.74. The molecule has 0 aromatic heterocycles. The summed E-state index contributed by atoms with van der Waals surface area (Å²) in [6.45, 7) is 0. The Kier molecular flexibility index (Phi) is 9.81. The maximum Gasteiger partial charge on any atom is 0.127 e. The van der Waals surface area contributed by atoms with E-state index in [-0.39, 0.29) is 0 Å². The van der Waals surface area contributed by atoms with Crippen molar-refractivity contribution in [2.24, 2.45) is 0 Å². The Morgan fingerprint density at radius 3 is 1.04 bits per heavy atom. The van der Waals surface area contributed by atoms with Crippen molar-refractivity contribution in [3.8, 4) is 67.9 Å². The summed E-state index contributed by atoms with van der Waals surface area (Å²) in [7, 11) is 0. The Labute approximate surface area is 308 Å². The summed E-state index contributed by atoms with van der Waals surface area (Å²) in [6.07, 6.45) is 0. The van der Waals surface area contributed by atoms with Crippen LogP contribution in [-0.4, -0.2) is 0 Å². The van der Waals surface area contributed by atoms with Crippen LogP contribution < -0.4 is 14.2 Å². The van der Waals surface area contributed by atoms with Crippen LogP contribution in [0.1, 0.15) is 0 Å². The van der Waals surface area contributed by atoms with E-state index in [1.54, 1.807) is 11.8 Å². The van der Waals surface area contributed by atoms with Crippen LogP contribution in [0.5, 0.6) is 34.5 Å². The summed E-state index contributed by atoms with van der Waals surface area (Å²) in [4.78, 5) is 2.32. The number of benzene rings is 8. The molecule has 0 spiro atoms. The number of hydrogen-bond donors (Lipinski definition) is 0. The van der Waals surface area contributed by atoms with Gasteiger partial charge in [0.1, 0.15) is 34.5 Å². The maximum absolute atomic E-state index is 6.19. The van der Waals surface area contributed by atoms with Gasteiger partial charge in [0.25, 0.3) is 0 Å². The Hall–Kier alpha value is -6.49. The van der Waals surface area contributed by atoms with E-state index in [0.717, 1.165) is 72.8 Å². The Morgan fingerprint density at radius 1 is 0.269 bits per heavy atom. The molecule has 4 heteroatoms. The lowest BCUT2D eigenvalue weighted by Gasteiger charge is -2.21. The number of para-hydroxylation sites is 3. The first-order valence-corrected chi connectivity index (χ1v) is 18.0. The highest BCUT2D eigenvalue weighted by atomic mass is 32.2. The van der Waals surface area contributed by atoms with E-state index < -0.39 is 0 Å². The lowest BCUT2D eigenvalue weighted by molar-refractivity contribution is 0.482.